The summed E-state index contributed by atoms with van der Waals surface area (Å²) in [5.41, 5.74) is 6.39. The number of nitrogens with one attached hydrogen (secondary N) is 3. The standard InChI is InChI=1S/C11H11N9S2/c12-8-16-10(15-6-3-5(21)1-2-7(6)22)19-11(17-8)18-9-13-4-14-20-9/h1-4,21-22H,(H5,12,13,14,15,16,17,18,19,20). The molecule has 3 aromatic rings. The third kappa shape index (κ3) is 3.38. The molecule has 0 spiro atoms. The molecule has 0 unspecified atom stereocenters. The van der Waals surface area contributed by atoms with Gasteiger partial charge in [-0.15, -0.1) is 25.3 Å². The fraction of sp³-hybridized carbons (Fsp3) is 0. The number of nitrogens with two attached hydrogens (primary N) is 1. The average molecular weight is 333 g/mol. The van der Waals surface area contributed by atoms with Crippen LogP contribution < -0.4 is 16.4 Å². The van der Waals surface area contributed by atoms with Crippen LogP contribution in [0.5, 0.6) is 0 Å². The monoisotopic (exact) mass is 333 g/mol. The minimum absolute atomic E-state index is 0.0576. The number of hydrogen-bond donors (Lipinski definition) is 6. The molecule has 0 radical (unpaired) electrons. The first-order valence-corrected chi connectivity index (χ1v) is 6.92. The SMILES string of the molecule is Nc1nc(Nc2ncn[nH]2)nc(Nc2cc(S)ccc2S)n1. The number of anilines is 5. The zero-order valence-electron chi connectivity index (χ0n) is 11.0. The lowest BCUT2D eigenvalue weighted by Gasteiger charge is -2.09. The number of nitrogen functional groups attached to an aromatic ring is 1. The predicted molar refractivity (Wildman–Crippen MR) is 88.1 cm³/mol. The molecule has 9 nitrogen and oxygen atoms in total. The predicted octanol–water partition coefficient (Wildman–Crippen LogP) is 1.64. The Balaban J connectivity index is 1.87. The van der Waals surface area contributed by atoms with E-state index in [0.717, 1.165) is 9.79 Å². The third-order valence-corrected chi connectivity index (χ3v) is 3.19. The number of aromatic amines is 1. The Labute approximate surface area is 136 Å². The molecule has 5 N–H and O–H groups in total. The summed E-state index contributed by atoms with van der Waals surface area (Å²) in [5.74, 6) is 0.948. The normalized spacial score (nSPS) is 10.5. The van der Waals surface area contributed by atoms with Crippen LogP contribution in [0, 0.1) is 0 Å². The molecule has 2 aromatic heterocycles. The van der Waals surface area contributed by atoms with Gasteiger partial charge in [-0.05, 0) is 18.2 Å². The second-order valence-electron chi connectivity index (χ2n) is 4.13. The summed E-state index contributed by atoms with van der Waals surface area (Å²) in [5, 5.41) is 12.2. The lowest BCUT2D eigenvalue weighted by Crippen LogP contribution is -2.07. The van der Waals surface area contributed by atoms with Crippen molar-refractivity contribution in [2.24, 2.45) is 0 Å². The van der Waals surface area contributed by atoms with E-state index in [2.05, 4.69) is 66.0 Å². The van der Waals surface area contributed by atoms with Crippen molar-refractivity contribution in [1.29, 1.82) is 0 Å². The maximum absolute atomic E-state index is 5.69. The second-order valence-corrected chi connectivity index (χ2v) is 5.12. The zero-order chi connectivity index (χ0) is 15.5. The van der Waals surface area contributed by atoms with Crippen molar-refractivity contribution in [3.8, 4) is 0 Å². The Bertz CT molecular complexity index is 790. The van der Waals surface area contributed by atoms with E-state index in [-0.39, 0.29) is 17.8 Å². The number of nitrogens with zero attached hydrogens (tertiary/aromatic N) is 5. The van der Waals surface area contributed by atoms with Crippen molar-refractivity contribution in [3.05, 3.63) is 24.5 Å². The highest BCUT2D eigenvalue weighted by Gasteiger charge is 2.08. The molecule has 0 atom stereocenters. The van der Waals surface area contributed by atoms with Gasteiger partial charge in [-0.3, -0.25) is 5.32 Å². The summed E-state index contributed by atoms with van der Waals surface area (Å²) >= 11 is 8.64. The lowest BCUT2D eigenvalue weighted by molar-refractivity contribution is 1.05. The Hall–Kier alpha value is -2.53. The molecule has 0 aliphatic heterocycles. The largest absolute Gasteiger partial charge is 0.368 e. The highest BCUT2D eigenvalue weighted by atomic mass is 32.1. The molecule has 112 valence electrons. The lowest BCUT2D eigenvalue weighted by atomic mass is 10.3. The van der Waals surface area contributed by atoms with Crippen molar-refractivity contribution in [1.82, 2.24) is 30.1 Å². The van der Waals surface area contributed by atoms with Gasteiger partial charge < -0.3 is 11.1 Å². The molecule has 0 saturated carbocycles. The van der Waals surface area contributed by atoms with E-state index in [4.69, 9.17) is 5.73 Å². The van der Waals surface area contributed by atoms with Crippen LogP contribution in [0.4, 0.5) is 29.5 Å². The Morgan fingerprint density at radius 2 is 1.82 bits per heavy atom. The van der Waals surface area contributed by atoms with Crippen molar-refractivity contribution < 1.29 is 0 Å². The summed E-state index contributed by atoms with van der Waals surface area (Å²) in [4.78, 5) is 17.6. The molecule has 0 amide bonds. The topological polar surface area (TPSA) is 130 Å². The molecule has 2 heterocycles. The van der Waals surface area contributed by atoms with E-state index in [1.165, 1.54) is 6.33 Å². The molecule has 0 bridgehead atoms. The van der Waals surface area contributed by atoms with Crippen molar-refractivity contribution in [2.75, 3.05) is 16.4 Å². The zero-order valence-corrected chi connectivity index (χ0v) is 12.8. The molecule has 0 aliphatic carbocycles. The Morgan fingerprint density at radius 3 is 2.55 bits per heavy atom. The minimum Gasteiger partial charge on any atom is -0.368 e. The molecule has 22 heavy (non-hydrogen) atoms. The van der Waals surface area contributed by atoms with Crippen LogP contribution in [0.15, 0.2) is 34.3 Å². The molecule has 3 rings (SSSR count). The van der Waals surface area contributed by atoms with E-state index >= 15 is 0 Å². The van der Waals surface area contributed by atoms with E-state index in [1.54, 1.807) is 6.07 Å². The highest BCUT2D eigenvalue weighted by molar-refractivity contribution is 7.80. The van der Waals surface area contributed by atoms with Crippen LogP contribution in [-0.2, 0) is 0 Å². The minimum atomic E-state index is 0.0576. The molecular formula is C11H11N9S2. The maximum Gasteiger partial charge on any atom is 0.236 e. The number of benzene rings is 1. The summed E-state index contributed by atoms with van der Waals surface area (Å²) in [6.07, 6.45) is 1.36. The van der Waals surface area contributed by atoms with Crippen LogP contribution in [-0.4, -0.2) is 30.1 Å². The number of aromatic nitrogens is 6. The van der Waals surface area contributed by atoms with Gasteiger partial charge in [-0.2, -0.15) is 25.0 Å². The molecular weight excluding hydrogens is 322 g/mol. The fourth-order valence-corrected chi connectivity index (χ4v) is 2.02. The van der Waals surface area contributed by atoms with Gasteiger partial charge in [0.25, 0.3) is 0 Å². The first kappa shape index (κ1) is 14.4. The van der Waals surface area contributed by atoms with Crippen LogP contribution in [0.1, 0.15) is 0 Å². The van der Waals surface area contributed by atoms with Gasteiger partial charge in [0, 0.05) is 9.79 Å². The van der Waals surface area contributed by atoms with Gasteiger partial charge in [-0.1, -0.05) is 0 Å². The summed E-state index contributed by atoms with van der Waals surface area (Å²) in [7, 11) is 0. The van der Waals surface area contributed by atoms with Gasteiger partial charge in [0.15, 0.2) is 0 Å². The van der Waals surface area contributed by atoms with Gasteiger partial charge in [-0.25, -0.2) is 5.10 Å². The first-order chi connectivity index (χ1) is 10.6. The van der Waals surface area contributed by atoms with Gasteiger partial charge in [0.1, 0.15) is 6.33 Å². The van der Waals surface area contributed by atoms with Crippen molar-refractivity contribution in [2.45, 2.75) is 9.79 Å². The number of rotatable bonds is 4. The van der Waals surface area contributed by atoms with E-state index in [0.29, 0.717) is 11.6 Å². The average Bonchev–Trinajstić information content (AvgIpc) is 2.95. The highest BCUT2D eigenvalue weighted by Crippen LogP contribution is 2.25. The van der Waals surface area contributed by atoms with Crippen LogP contribution in [0.3, 0.4) is 0 Å². The molecule has 0 aliphatic rings. The van der Waals surface area contributed by atoms with Gasteiger partial charge >= 0.3 is 0 Å². The first-order valence-electron chi connectivity index (χ1n) is 6.03. The summed E-state index contributed by atoms with van der Waals surface area (Å²) < 4.78 is 0. The number of H-pyrrole nitrogens is 1. The summed E-state index contributed by atoms with van der Waals surface area (Å²) in [6.45, 7) is 0. The van der Waals surface area contributed by atoms with Gasteiger partial charge in [0.05, 0.1) is 5.69 Å². The fourth-order valence-electron chi connectivity index (χ4n) is 1.62. The Kier molecular flexibility index (Phi) is 3.98. The van der Waals surface area contributed by atoms with Gasteiger partial charge in [0.2, 0.25) is 23.8 Å². The smallest absolute Gasteiger partial charge is 0.236 e. The third-order valence-electron chi connectivity index (χ3n) is 2.52. The number of hydrogen-bond acceptors (Lipinski definition) is 10. The van der Waals surface area contributed by atoms with Crippen LogP contribution in [0.25, 0.3) is 0 Å². The second kappa shape index (κ2) is 6.07. The van der Waals surface area contributed by atoms with Crippen LogP contribution in [0.2, 0.25) is 0 Å². The number of thiol groups is 2. The Morgan fingerprint density at radius 1 is 1.05 bits per heavy atom. The van der Waals surface area contributed by atoms with E-state index in [9.17, 15) is 0 Å². The van der Waals surface area contributed by atoms with Crippen molar-refractivity contribution in [3.63, 3.8) is 0 Å². The van der Waals surface area contributed by atoms with E-state index in [1.807, 2.05) is 12.1 Å². The van der Waals surface area contributed by atoms with E-state index < -0.39 is 0 Å². The molecule has 0 saturated heterocycles. The summed E-state index contributed by atoms with van der Waals surface area (Å²) in [6, 6.07) is 5.44. The van der Waals surface area contributed by atoms with Crippen molar-refractivity contribution >= 4 is 54.7 Å². The molecule has 11 heteroatoms. The molecule has 0 fully saturated rings. The van der Waals surface area contributed by atoms with Crippen LogP contribution >= 0.6 is 25.3 Å². The molecule has 1 aromatic carbocycles. The quantitative estimate of drug-likeness (QED) is 0.397. The maximum atomic E-state index is 5.69.